The number of hydrogen-bond acceptors (Lipinski definition) is 2. The van der Waals surface area contributed by atoms with Crippen molar-refractivity contribution in [2.45, 2.75) is 32.3 Å². The van der Waals surface area contributed by atoms with Crippen LogP contribution in [0.25, 0.3) is 0 Å². The highest BCUT2D eigenvalue weighted by Crippen LogP contribution is 2.28. The number of benzene rings is 1. The van der Waals surface area contributed by atoms with Crippen LogP contribution in [0.3, 0.4) is 0 Å². The molecule has 14 heavy (non-hydrogen) atoms. The number of fused-ring (bicyclic) bond motifs is 1. The van der Waals surface area contributed by atoms with Crippen LogP contribution in [0.1, 0.15) is 24.5 Å². The van der Waals surface area contributed by atoms with Gasteiger partial charge in [-0.05, 0) is 37.0 Å². The summed E-state index contributed by atoms with van der Waals surface area (Å²) < 4.78 is 5.71. The Labute approximate surface area is 84.1 Å². The number of hydrogen-bond donors (Lipinski definition) is 0. The minimum Gasteiger partial charge on any atom is -0.490 e. The molecular weight excluding hydrogens is 174 g/mol. The Kier molecular flexibility index (Phi) is 2.41. The summed E-state index contributed by atoms with van der Waals surface area (Å²) in [5, 5.41) is 8.58. The van der Waals surface area contributed by atoms with Crippen LogP contribution < -0.4 is 4.74 Å². The second kappa shape index (κ2) is 3.71. The molecule has 72 valence electrons. The lowest BCUT2D eigenvalue weighted by atomic mass is 10.0. The predicted octanol–water partition coefficient (Wildman–Crippen LogP) is 2.47. The summed E-state index contributed by atoms with van der Waals surface area (Å²) in [5.41, 5.74) is 2.31. The van der Waals surface area contributed by atoms with Gasteiger partial charge < -0.3 is 4.74 Å². The van der Waals surface area contributed by atoms with Crippen LogP contribution in [0.2, 0.25) is 0 Å². The van der Waals surface area contributed by atoms with Crippen LogP contribution in [0.5, 0.6) is 5.75 Å². The lowest BCUT2D eigenvalue weighted by molar-refractivity contribution is 0.192. The van der Waals surface area contributed by atoms with Crippen molar-refractivity contribution in [1.82, 2.24) is 0 Å². The summed E-state index contributed by atoms with van der Waals surface area (Å²) in [6.07, 6.45) is 2.94. The van der Waals surface area contributed by atoms with Gasteiger partial charge in [-0.3, -0.25) is 0 Å². The van der Waals surface area contributed by atoms with Gasteiger partial charge in [0.05, 0.1) is 18.6 Å². The van der Waals surface area contributed by atoms with Crippen molar-refractivity contribution >= 4 is 0 Å². The molecule has 1 aliphatic heterocycles. The molecule has 0 fully saturated rings. The minimum atomic E-state index is 0.305. The van der Waals surface area contributed by atoms with Crippen molar-refractivity contribution in [3.63, 3.8) is 0 Å². The summed E-state index contributed by atoms with van der Waals surface area (Å²) in [6, 6.07) is 8.23. The molecule has 1 atom stereocenters. The topological polar surface area (TPSA) is 33.0 Å². The molecular formula is C12H13NO. The van der Waals surface area contributed by atoms with Crippen molar-refractivity contribution < 1.29 is 4.74 Å². The third-order valence-electron chi connectivity index (χ3n) is 2.56. The molecule has 0 aromatic heterocycles. The summed E-state index contributed by atoms with van der Waals surface area (Å²) >= 11 is 0. The van der Waals surface area contributed by atoms with E-state index in [0.717, 1.165) is 24.2 Å². The van der Waals surface area contributed by atoms with Gasteiger partial charge in [-0.25, -0.2) is 0 Å². The molecule has 1 aliphatic rings. The number of aryl methyl sites for hydroxylation is 1. The highest BCUT2D eigenvalue weighted by atomic mass is 16.5. The average Bonchev–Trinajstić information content (AvgIpc) is 2.17. The molecule has 0 N–H and O–H groups in total. The van der Waals surface area contributed by atoms with E-state index in [4.69, 9.17) is 10.00 Å². The average molecular weight is 187 g/mol. The van der Waals surface area contributed by atoms with E-state index in [1.807, 2.05) is 12.1 Å². The summed E-state index contributed by atoms with van der Waals surface area (Å²) in [6.45, 7) is 2.08. The fourth-order valence-electron chi connectivity index (χ4n) is 1.75. The van der Waals surface area contributed by atoms with Crippen LogP contribution in [0, 0.1) is 11.3 Å². The first-order valence-corrected chi connectivity index (χ1v) is 4.95. The molecule has 0 amide bonds. The van der Waals surface area contributed by atoms with Gasteiger partial charge in [0.25, 0.3) is 0 Å². The molecule has 2 heteroatoms. The summed E-state index contributed by atoms with van der Waals surface area (Å²) in [7, 11) is 0. The minimum absolute atomic E-state index is 0.305. The Bertz CT molecular complexity index is 378. The Morgan fingerprint density at radius 3 is 3.21 bits per heavy atom. The van der Waals surface area contributed by atoms with E-state index in [1.165, 1.54) is 5.56 Å². The zero-order valence-corrected chi connectivity index (χ0v) is 8.29. The highest BCUT2D eigenvalue weighted by Gasteiger charge is 2.15. The van der Waals surface area contributed by atoms with Gasteiger partial charge >= 0.3 is 0 Å². The van der Waals surface area contributed by atoms with E-state index in [2.05, 4.69) is 19.1 Å². The monoisotopic (exact) mass is 187 g/mol. The maximum atomic E-state index is 8.58. The van der Waals surface area contributed by atoms with Crippen LogP contribution in [0.15, 0.2) is 18.2 Å². The van der Waals surface area contributed by atoms with Crippen LogP contribution in [0.4, 0.5) is 0 Å². The van der Waals surface area contributed by atoms with Gasteiger partial charge in [0.2, 0.25) is 0 Å². The molecule has 2 rings (SSSR count). The van der Waals surface area contributed by atoms with E-state index >= 15 is 0 Å². The summed E-state index contributed by atoms with van der Waals surface area (Å²) in [5.74, 6) is 0.969. The summed E-state index contributed by atoms with van der Waals surface area (Å²) in [4.78, 5) is 0. The van der Waals surface area contributed by atoms with Crippen molar-refractivity contribution in [3.05, 3.63) is 29.3 Å². The molecule has 1 aromatic rings. The number of rotatable bonds is 1. The quantitative estimate of drug-likeness (QED) is 0.676. The fraction of sp³-hybridized carbons (Fsp3) is 0.417. The van der Waals surface area contributed by atoms with E-state index in [-0.39, 0.29) is 0 Å². The normalized spacial score (nSPS) is 19.3. The SMILES string of the molecule is CC1CCc2ccc(CC#N)cc2O1. The van der Waals surface area contributed by atoms with Crippen molar-refractivity contribution in [2.24, 2.45) is 0 Å². The fourth-order valence-corrected chi connectivity index (χ4v) is 1.75. The lowest BCUT2D eigenvalue weighted by Crippen LogP contribution is -2.18. The molecule has 0 saturated carbocycles. The standard InChI is InChI=1S/C12H13NO/c1-9-2-4-11-5-3-10(6-7-13)8-12(11)14-9/h3,5,8-9H,2,4,6H2,1H3. The molecule has 0 aliphatic carbocycles. The molecule has 1 aromatic carbocycles. The maximum Gasteiger partial charge on any atom is 0.123 e. The number of nitriles is 1. The Balaban J connectivity index is 2.29. The Morgan fingerprint density at radius 2 is 2.43 bits per heavy atom. The van der Waals surface area contributed by atoms with Crippen LogP contribution in [-0.4, -0.2) is 6.10 Å². The third kappa shape index (κ3) is 1.72. The van der Waals surface area contributed by atoms with Crippen LogP contribution in [-0.2, 0) is 12.8 Å². The van der Waals surface area contributed by atoms with E-state index in [0.29, 0.717) is 12.5 Å². The van der Waals surface area contributed by atoms with Gasteiger partial charge in [-0.2, -0.15) is 5.26 Å². The first-order chi connectivity index (χ1) is 6.79. The van der Waals surface area contributed by atoms with Crippen LogP contribution >= 0.6 is 0 Å². The van der Waals surface area contributed by atoms with Crippen molar-refractivity contribution in [3.8, 4) is 11.8 Å². The van der Waals surface area contributed by atoms with E-state index in [9.17, 15) is 0 Å². The highest BCUT2D eigenvalue weighted by molar-refractivity contribution is 5.39. The van der Waals surface area contributed by atoms with E-state index < -0.39 is 0 Å². The van der Waals surface area contributed by atoms with Gasteiger partial charge in [0.1, 0.15) is 5.75 Å². The van der Waals surface area contributed by atoms with Crippen molar-refractivity contribution in [2.75, 3.05) is 0 Å². The first kappa shape index (κ1) is 9.08. The molecule has 0 radical (unpaired) electrons. The smallest absolute Gasteiger partial charge is 0.123 e. The Morgan fingerprint density at radius 1 is 1.57 bits per heavy atom. The molecule has 0 saturated heterocycles. The Hall–Kier alpha value is -1.49. The molecule has 1 unspecified atom stereocenters. The predicted molar refractivity (Wildman–Crippen MR) is 54.2 cm³/mol. The second-order valence-corrected chi connectivity index (χ2v) is 3.74. The molecule has 2 nitrogen and oxygen atoms in total. The van der Waals surface area contributed by atoms with Crippen molar-refractivity contribution in [1.29, 1.82) is 5.26 Å². The second-order valence-electron chi connectivity index (χ2n) is 3.74. The maximum absolute atomic E-state index is 8.58. The van der Waals surface area contributed by atoms with E-state index in [1.54, 1.807) is 0 Å². The van der Waals surface area contributed by atoms with Gasteiger partial charge in [-0.15, -0.1) is 0 Å². The third-order valence-corrected chi connectivity index (χ3v) is 2.56. The molecule has 0 spiro atoms. The lowest BCUT2D eigenvalue weighted by Gasteiger charge is -2.23. The molecule has 0 bridgehead atoms. The van der Waals surface area contributed by atoms with Gasteiger partial charge in [0, 0.05) is 0 Å². The van der Waals surface area contributed by atoms with Gasteiger partial charge in [-0.1, -0.05) is 12.1 Å². The number of nitrogens with zero attached hydrogens (tertiary/aromatic N) is 1. The molecule has 1 heterocycles. The largest absolute Gasteiger partial charge is 0.490 e. The zero-order chi connectivity index (χ0) is 9.97. The number of ether oxygens (including phenoxy) is 1. The zero-order valence-electron chi connectivity index (χ0n) is 8.29. The first-order valence-electron chi connectivity index (χ1n) is 4.95. The van der Waals surface area contributed by atoms with Gasteiger partial charge in [0.15, 0.2) is 0 Å².